The largest absolute Gasteiger partial charge is 0.492 e. The second-order valence-electron chi connectivity index (χ2n) is 4.98. The van der Waals surface area contributed by atoms with Gasteiger partial charge in [-0.1, -0.05) is 13.0 Å². The van der Waals surface area contributed by atoms with Crippen LogP contribution in [0.1, 0.15) is 43.1 Å². The molecule has 0 aliphatic rings. The molecule has 1 N–H and O–H groups in total. The lowest BCUT2D eigenvalue weighted by atomic mass is 10.0. The maximum Gasteiger partial charge on any atom is 0.137 e. The Bertz CT molecular complexity index is 571. The fraction of sp³-hybridized carbons (Fsp3) is 0.412. The monoisotopic (exact) mass is 285 g/mol. The van der Waals surface area contributed by atoms with Gasteiger partial charge in [0.1, 0.15) is 5.75 Å². The number of aryl methyl sites for hydroxylation is 1. The van der Waals surface area contributed by atoms with E-state index in [1.165, 1.54) is 5.56 Å². The highest BCUT2D eigenvalue weighted by molar-refractivity contribution is 5.34. The Morgan fingerprint density at radius 3 is 2.86 bits per heavy atom. The van der Waals surface area contributed by atoms with E-state index in [9.17, 15) is 0 Å². The van der Waals surface area contributed by atoms with Crippen LogP contribution in [-0.2, 0) is 0 Å². The van der Waals surface area contributed by atoms with Crippen molar-refractivity contribution in [2.75, 3.05) is 13.2 Å². The summed E-state index contributed by atoms with van der Waals surface area (Å²) in [5.41, 5.74) is 3.30. The van der Waals surface area contributed by atoms with Gasteiger partial charge in [-0.25, -0.2) is 0 Å². The van der Waals surface area contributed by atoms with Crippen LogP contribution < -0.4 is 10.1 Å². The van der Waals surface area contributed by atoms with E-state index in [1.54, 1.807) is 6.20 Å². The summed E-state index contributed by atoms with van der Waals surface area (Å²) in [6.07, 6.45) is 6.53. The van der Waals surface area contributed by atoms with Crippen molar-refractivity contribution in [3.05, 3.63) is 53.6 Å². The number of nitrogens with zero attached hydrogens (tertiary/aromatic N) is 2. The minimum atomic E-state index is 0.0408. The lowest BCUT2D eigenvalue weighted by Crippen LogP contribution is -2.25. The Balaban J connectivity index is 2.36. The molecule has 0 spiro atoms. The van der Waals surface area contributed by atoms with E-state index in [-0.39, 0.29) is 6.04 Å². The minimum Gasteiger partial charge on any atom is -0.492 e. The van der Waals surface area contributed by atoms with Crippen molar-refractivity contribution in [1.29, 1.82) is 0 Å². The molecule has 0 saturated heterocycles. The molecule has 0 aliphatic carbocycles. The standard InChI is InChI=1S/C17H23N3O/c1-4-8-19-17(16-13(3)7-6-9-20-16)14-10-15(21-5-2)12-18-11-14/h6-7,9-12,17,19H,4-5,8H2,1-3H3. The smallest absolute Gasteiger partial charge is 0.137 e. The molecule has 2 aromatic heterocycles. The topological polar surface area (TPSA) is 47.0 Å². The molecule has 0 bridgehead atoms. The molecule has 2 heterocycles. The van der Waals surface area contributed by atoms with Crippen molar-refractivity contribution in [3.8, 4) is 5.75 Å². The van der Waals surface area contributed by atoms with Crippen LogP contribution in [0, 0.1) is 6.92 Å². The second-order valence-corrected chi connectivity index (χ2v) is 4.98. The molecule has 1 atom stereocenters. The Kier molecular flexibility index (Phi) is 5.69. The van der Waals surface area contributed by atoms with Gasteiger partial charge in [-0.2, -0.15) is 0 Å². The summed E-state index contributed by atoms with van der Waals surface area (Å²) in [5.74, 6) is 0.798. The average molecular weight is 285 g/mol. The van der Waals surface area contributed by atoms with Gasteiger partial charge in [-0.15, -0.1) is 0 Å². The quantitative estimate of drug-likeness (QED) is 0.848. The predicted octanol–water partition coefficient (Wildman–Crippen LogP) is 3.27. The first kappa shape index (κ1) is 15.4. The summed E-state index contributed by atoms with van der Waals surface area (Å²) in [5, 5.41) is 3.55. The van der Waals surface area contributed by atoms with Gasteiger partial charge >= 0.3 is 0 Å². The van der Waals surface area contributed by atoms with Crippen LogP contribution in [0.2, 0.25) is 0 Å². The molecule has 0 aliphatic heterocycles. The van der Waals surface area contributed by atoms with Crippen LogP contribution in [0.4, 0.5) is 0 Å². The first-order chi connectivity index (χ1) is 10.3. The SMILES string of the molecule is CCCNC(c1cncc(OCC)c1)c1ncccc1C. The van der Waals surface area contributed by atoms with Gasteiger partial charge in [-0.05, 0) is 50.1 Å². The maximum absolute atomic E-state index is 5.56. The van der Waals surface area contributed by atoms with Gasteiger partial charge in [0.05, 0.1) is 24.5 Å². The van der Waals surface area contributed by atoms with Gasteiger partial charge < -0.3 is 10.1 Å². The maximum atomic E-state index is 5.56. The number of nitrogens with one attached hydrogen (secondary N) is 1. The van der Waals surface area contributed by atoms with E-state index in [1.807, 2.05) is 31.5 Å². The van der Waals surface area contributed by atoms with Crippen LogP contribution >= 0.6 is 0 Å². The number of rotatable bonds is 7. The summed E-state index contributed by atoms with van der Waals surface area (Å²) in [6, 6.07) is 6.13. The number of hydrogen-bond acceptors (Lipinski definition) is 4. The van der Waals surface area contributed by atoms with Gasteiger partial charge in [0.2, 0.25) is 0 Å². The lowest BCUT2D eigenvalue weighted by molar-refractivity contribution is 0.338. The molecule has 4 nitrogen and oxygen atoms in total. The Morgan fingerprint density at radius 2 is 2.14 bits per heavy atom. The highest BCUT2D eigenvalue weighted by atomic mass is 16.5. The highest BCUT2D eigenvalue weighted by Gasteiger charge is 2.17. The predicted molar refractivity (Wildman–Crippen MR) is 84.5 cm³/mol. The number of hydrogen-bond donors (Lipinski definition) is 1. The third-order valence-electron chi connectivity index (χ3n) is 3.30. The van der Waals surface area contributed by atoms with E-state index < -0.39 is 0 Å². The van der Waals surface area contributed by atoms with Crippen LogP contribution in [0.15, 0.2) is 36.8 Å². The van der Waals surface area contributed by atoms with E-state index in [2.05, 4.69) is 35.2 Å². The van der Waals surface area contributed by atoms with E-state index in [0.29, 0.717) is 6.61 Å². The van der Waals surface area contributed by atoms with Gasteiger partial charge in [0.15, 0.2) is 0 Å². The average Bonchev–Trinajstić information content (AvgIpc) is 2.50. The normalized spacial score (nSPS) is 12.1. The van der Waals surface area contributed by atoms with Crippen molar-refractivity contribution in [1.82, 2.24) is 15.3 Å². The Hall–Kier alpha value is -1.94. The molecule has 4 heteroatoms. The molecule has 112 valence electrons. The third kappa shape index (κ3) is 4.02. The molecule has 0 aromatic carbocycles. The minimum absolute atomic E-state index is 0.0408. The van der Waals surface area contributed by atoms with E-state index >= 15 is 0 Å². The molecule has 0 saturated carbocycles. The summed E-state index contributed by atoms with van der Waals surface area (Å²) in [7, 11) is 0. The number of pyridine rings is 2. The molecular weight excluding hydrogens is 262 g/mol. The third-order valence-corrected chi connectivity index (χ3v) is 3.30. The molecule has 0 radical (unpaired) electrons. The van der Waals surface area contributed by atoms with Crippen molar-refractivity contribution in [2.45, 2.75) is 33.2 Å². The number of aromatic nitrogens is 2. The van der Waals surface area contributed by atoms with Crippen molar-refractivity contribution in [2.24, 2.45) is 0 Å². The Labute approximate surface area is 126 Å². The fourth-order valence-electron chi connectivity index (χ4n) is 2.30. The summed E-state index contributed by atoms with van der Waals surface area (Å²) < 4.78 is 5.56. The van der Waals surface area contributed by atoms with Crippen LogP contribution in [0.5, 0.6) is 5.75 Å². The van der Waals surface area contributed by atoms with Crippen LogP contribution in [0.3, 0.4) is 0 Å². The molecule has 0 fully saturated rings. The molecule has 2 aromatic rings. The molecule has 0 amide bonds. The summed E-state index contributed by atoms with van der Waals surface area (Å²) in [4.78, 5) is 8.85. The van der Waals surface area contributed by atoms with Crippen LogP contribution in [-0.4, -0.2) is 23.1 Å². The van der Waals surface area contributed by atoms with Crippen molar-refractivity contribution in [3.63, 3.8) is 0 Å². The zero-order valence-electron chi connectivity index (χ0n) is 13.0. The molecule has 21 heavy (non-hydrogen) atoms. The Morgan fingerprint density at radius 1 is 1.29 bits per heavy atom. The first-order valence-corrected chi connectivity index (χ1v) is 7.48. The van der Waals surface area contributed by atoms with Crippen LogP contribution in [0.25, 0.3) is 0 Å². The van der Waals surface area contributed by atoms with Crippen molar-refractivity contribution < 1.29 is 4.74 Å². The van der Waals surface area contributed by atoms with Gasteiger partial charge in [0, 0.05) is 12.4 Å². The fourth-order valence-corrected chi connectivity index (χ4v) is 2.30. The van der Waals surface area contributed by atoms with Gasteiger partial charge in [-0.3, -0.25) is 9.97 Å². The zero-order valence-corrected chi connectivity index (χ0v) is 13.0. The van der Waals surface area contributed by atoms with Gasteiger partial charge in [0.25, 0.3) is 0 Å². The summed E-state index contributed by atoms with van der Waals surface area (Å²) >= 11 is 0. The highest BCUT2D eigenvalue weighted by Crippen LogP contribution is 2.25. The molecule has 1 unspecified atom stereocenters. The number of ether oxygens (including phenoxy) is 1. The first-order valence-electron chi connectivity index (χ1n) is 7.48. The van der Waals surface area contributed by atoms with E-state index in [0.717, 1.165) is 30.0 Å². The molecule has 2 rings (SSSR count). The second kappa shape index (κ2) is 7.74. The molecular formula is C17H23N3O. The van der Waals surface area contributed by atoms with E-state index in [4.69, 9.17) is 4.74 Å². The summed E-state index contributed by atoms with van der Waals surface area (Å²) in [6.45, 7) is 7.79. The van der Waals surface area contributed by atoms with Crippen molar-refractivity contribution >= 4 is 0 Å². The zero-order chi connectivity index (χ0) is 15.1. The lowest BCUT2D eigenvalue weighted by Gasteiger charge is -2.20.